The molecule has 0 bridgehead atoms. The van der Waals surface area contributed by atoms with Gasteiger partial charge in [-0.3, -0.25) is 0 Å². The van der Waals surface area contributed by atoms with Crippen molar-refractivity contribution in [3.63, 3.8) is 0 Å². The Morgan fingerprint density at radius 2 is 1.61 bits per heavy atom. The van der Waals surface area contributed by atoms with E-state index < -0.39 is 36.5 Å². The first-order valence-electron chi connectivity index (χ1n) is 6.88. The summed E-state index contributed by atoms with van der Waals surface area (Å²) in [5, 5.41) is 42.5. The summed E-state index contributed by atoms with van der Waals surface area (Å²) in [5.41, 5.74) is 0.517. The number of carbonyl (C=O) groups excluding carboxylic acids is 1. The average molecular weight is 326 g/mol. The minimum Gasteiger partial charge on any atom is -0.547 e. The predicted octanol–water partition coefficient (Wildman–Crippen LogP) is -3.88. The van der Waals surface area contributed by atoms with Crippen LogP contribution in [0.5, 0.6) is 0 Å². The van der Waals surface area contributed by atoms with Gasteiger partial charge in [-0.1, -0.05) is 36.4 Å². The molecule has 1 unspecified atom stereocenters. The first-order chi connectivity index (χ1) is 10.5. The first-order valence-corrected chi connectivity index (χ1v) is 6.88. The number of carboxylic acid groups (broad SMARTS) is 1. The fraction of sp³-hybridized carbons (Fsp3) is 0.312. The van der Waals surface area contributed by atoms with Gasteiger partial charge in [0.25, 0.3) is 0 Å². The second-order valence-corrected chi connectivity index (χ2v) is 5.37. The smallest absolute Gasteiger partial charge is 0.547 e. The summed E-state index contributed by atoms with van der Waals surface area (Å²) in [4.78, 5) is 11.0. The quantitative estimate of drug-likeness (QED) is 0.487. The molecule has 0 aliphatic carbocycles. The Kier molecular flexibility index (Phi) is 5.80. The molecule has 116 valence electrons. The third kappa shape index (κ3) is 3.44. The summed E-state index contributed by atoms with van der Waals surface area (Å²) < 4.78 is 5.26. The number of rotatable bonds is 2. The maximum atomic E-state index is 11.0. The van der Waals surface area contributed by atoms with E-state index in [9.17, 15) is 25.2 Å². The molecule has 0 saturated carbocycles. The number of ether oxygens (including phenoxy) is 1. The third-order valence-electron chi connectivity index (χ3n) is 3.95. The fourth-order valence-corrected chi connectivity index (χ4v) is 2.73. The van der Waals surface area contributed by atoms with Gasteiger partial charge >= 0.3 is 29.6 Å². The number of hydrogen-bond donors (Lipinski definition) is 3. The van der Waals surface area contributed by atoms with E-state index in [4.69, 9.17) is 4.74 Å². The molecular formula is C16H15NaO6. The summed E-state index contributed by atoms with van der Waals surface area (Å²) in [6.45, 7) is 0. The maximum Gasteiger partial charge on any atom is 1.00 e. The first kappa shape index (κ1) is 18.4. The monoisotopic (exact) mass is 326 g/mol. The number of fused-ring (bicyclic) bond motifs is 1. The number of hydrogen-bond acceptors (Lipinski definition) is 6. The number of aliphatic hydroxyl groups is 3. The minimum absolute atomic E-state index is 0. The van der Waals surface area contributed by atoms with Crippen molar-refractivity contribution in [2.75, 3.05) is 0 Å². The normalized spacial score (nSPS) is 30.7. The van der Waals surface area contributed by atoms with Crippen LogP contribution >= 0.6 is 0 Å². The SMILES string of the molecule is O=C([O-])[C@H]1OC(c2ccc3ccccc3c2)[C@H](O)[C@@H](O)[C@@H]1O.[Na+]. The number of aliphatic carboxylic acids is 1. The number of benzene rings is 2. The van der Waals surface area contributed by atoms with Crippen LogP contribution < -0.4 is 34.7 Å². The Labute approximate surface area is 154 Å². The van der Waals surface area contributed by atoms with E-state index in [0.29, 0.717) is 5.56 Å². The van der Waals surface area contributed by atoms with Crippen LogP contribution in [0.2, 0.25) is 0 Å². The summed E-state index contributed by atoms with van der Waals surface area (Å²) in [6, 6.07) is 12.8. The Bertz CT molecular complexity index is 706. The van der Waals surface area contributed by atoms with E-state index in [0.717, 1.165) is 10.8 Å². The van der Waals surface area contributed by atoms with Gasteiger partial charge < -0.3 is 30.0 Å². The van der Waals surface area contributed by atoms with Crippen molar-refractivity contribution in [3.8, 4) is 0 Å². The molecule has 2 aromatic rings. The Morgan fingerprint density at radius 3 is 2.26 bits per heavy atom. The Hall–Kier alpha value is -0.990. The van der Waals surface area contributed by atoms with Gasteiger partial charge in [-0.25, -0.2) is 0 Å². The molecule has 7 heteroatoms. The van der Waals surface area contributed by atoms with E-state index in [1.807, 2.05) is 30.3 Å². The molecule has 3 rings (SSSR count). The maximum absolute atomic E-state index is 11.0. The third-order valence-corrected chi connectivity index (χ3v) is 3.95. The zero-order valence-corrected chi connectivity index (χ0v) is 14.5. The van der Waals surface area contributed by atoms with Crippen molar-refractivity contribution in [1.29, 1.82) is 0 Å². The molecule has 1 fully saturated rings. The van der Waals surface area contributed by atoms with Crippen molar-refractivity contribution in [1.82, 2.24) is 0 Å². The molecular weight excluding hydrogens is 311 g/mol. The largest absolute Gasteiger partial charge is 1.00 e. The Balaban J connectivity index is 0.00000192. The molecule has 1 aliphatic rings. The van der Waals surface area contributed by atoms with E-state index in [1.54, 1.807) is 12.1 Å². The molecule has 0 radical (unpaired) electrons. The van der Waals surface area contributed by atoms with Crippen molar-refractivity contribution in [2.45, 2.75) is 30.5 Å². The van der Waals surface area contributed by atoms with Crippen LogP contribution in [-0.4, -0.2) is 45.7 Å². The van der Waals surface area contributed by atoms with E-state index >= 15 is 0 Å². The van der Waals surface area contributed by atoms with Crippen LogP contribution in [0, 0.1) is 0 Å². The van der Waals surface area contributed by atoms with Crippen LogP contribution in [-0.2, 0) is 9.53 Å². The number of carboxylic acids is 1. The van der Waals surface area contributed by atoms with Crippen LogP contribution in [0.3, 0.4) is 0 Å². The van der Waals surface area contributed by atoms with Crippen LogP contribution in [0.25, 0.3) is 10.8 Å². The molecule has 23 heavy (non-hydrogen) atoms. The van der Waals surface area contributed by atoms with Gasteiger partial charge in [0, 0.05) is 0 Å². The van der Waals surface area contributed by atoms with E-state index in [-0.39, 0.29) is 29.6 Å². The zero-order chi connectivity index (χ0) is 15.9. The van der Waals surface area contributed by atoms with Crippen LogP contribution in [0.1, 0.15) is 11.7 Å². The molecule has 0 spiro atoms. The van der Waals surface area contributed by atoms with Crippen LogP contribution in [0.15, 0.2) is 42.5 Å². The minimum atomic E-state index is -1.74. The topological polar surface area (TPSA) is 110 Å². The molecule has 2 aromatic carbocycles. The van der Waals surface area contributed by atoms with Gasteiger partial charge in [0.1, 0.15) is 30.5 Å². The Morgan fingerprint density at radius 1 is 0.957 bits per heavy atom. The predicted molar refractivity (Wildman–Crippen MR) is 74.6 cm³/mol. The van der Waals surface area contributed by atoms with E-state index in [1.165, 1.54) is 0 Å². The number of aliphatic hydroxyl groups excluding tert-OH is 3. The van der Waals surface area contributed by atoms with Gasteiger partial charge in [-0.15, -0.1) is 0 Å². The standard InChI is InChI=1S/C16H16O6.Na/c17-11-12(18)14(22-15(13(11)19)16(20)21)10-6-5-8-3-1-2-4-9(8)7-10;/h1-7,11-15,17-19H,(H,20,21);/q;+1/p-1/t11-,12-,13+,14?,15+;/m1./s1. The van der Waals surface area contributed by atoms with Crippen molar-refractivity contribution in [2.24, 2.45) is 0 Å². The molecule has 0 amide bonds. The molecule has 5 atom stereocenters. The molecule has 1 heterocycles. The van der Waals surface area contributed by atoms with Crippen LogP contribution in [0.4, 0.5) is 0 Å². The summed E-state index contributed by atoms with van der Waals surface area (Å²) in [6.07, 6.45) is -7.57. The van der Waals surface area contributed by atoms with Gasteiger partial charge in [0.2, 0.25) is 0 Å². The molecule has 1 aliphatic heterocycles. The van der Waals surface area contributed by atoms with Gasteiger partial charge in [0.15, 0.2) is 0 Å². The van der Waals surface area contributed by atoms with Crippen molar-refractivity contribution in [3.05, 3.63) is 48.0 Å². The molecule has 6 nitrogen and oxygen atoms in total. The van der Waals surface area contributed by atoms with E-state index in [2.05, 4.69) is 0 Å². The average Bonchev–Trinajstić information content (AvgIpc) is 2.52. The molecule has 0 aromatic heterocycles. The van der Waals surface area contributed by atoms with Gasteiger partial charge in [0.05, 0.1) is 5.97 Å². The molecule has 3 N–H and O–H groups in total. The number of carbonyl (C=O) groups is 1. The van der Waals surface area contributed by atoms with Crippen molar-refractivity contribution < 1.29 is 59.5 Å². The van der Waals surface area contributed by atoms with Gasteiger partial charge in [-0.05, 0) is 22.4 Å². The second kappa shape index (κ2) is 7.27. The summed E-state index contributed by atoms with van der Waals surface area (Å²) >= 11 is 0. The summed E-state index contributed by atoms with van der Waals surface area (Å²) in [7, 11) is 0. The second-order valence-electron chi connectivity index (χ2n) is 5.37. The summed E-state index contributed by atoms with van der Waals surface area (Å²) in [5.74, 6) is -1.63. The zero-order valence-electron chi connectivity index (χ0n) is 12.5. The van der Waals surface area contributed by atoms with Crippen molar-refractivity contribution >= 4 is 16.7 Å². The fourth-order valence-electron chi connectivity index (χ4n) is 2.73. The van der Waals surface area contributed by atoms with Gasteiger partial charge in [-0.2, -0.15) is 0 Å². The molecule has 1 saturated heterocycles.